The Labute approximate surface area is 142 Å². The summed E-state index contributed by atoms with van der Waals surface area (Å²) in [5.41, 5.74) is 1.03. The van der Waals surface area contributed by atoms with Crippen LogP contribution >= 0.6 is 11.6 Å². The minimum atomic E-state index is -1.51. The first-order valence-electron chi connectivity index (χ1n) is 7.56. The van der Waals surface area contributed by atoms with E-state index in [0.717, 1.165) is 5.56 Å². The summed E-state index contributed by atoms with van der Waals surface area (Å²) in [4.78, 5) is 25.4. The lowest BCUT2D eigenvalue weighted by Gasteiger charge is -2.44. The zero-order chi connectivity index (χ0) is 16.8. The number of benzene rings is 1. The zero-order valence-corrected chi connectivity index (χ0v) is 14.2. The van der Waals surface area contributed by atoms with Crippen molar-refractivity contribution >= 4 is 34.3 Å². The molecule has 2 heterocycles. The Bertz CT molecular complexity index is 667. The first-order chi connectivity index (χ1) is 10.9. The lowest BCUT2D eigenvalue weighted by atomic mass is 9.83. The predicted molar refractivity (Wildman–Crippen MR) is 87.6 cm³/mol. The third kappa shape index (κ3) is 2.48. The summed E-state index contributed by atoms with van der Waals surface area (Å²) < 4.78 is 10.9. The lowest BCUT2D eigenvalue weighted by molar-refractivity contribution is -0.163. The monoisotopic (exact) mass is 355 g/mol. The van der Waals surface area contributed by atoms with Crippen LogP contribution in [-0.4, -0.2) is 48.1 Å². The van der Waals surface area contributed by atoms with Crippen LogP contribution in [0.3, 0.4) is 0 Å². The fourth-order valence-corrected chi connectivity index (χ4v) is 5.63. The van der Waals surface area contributed by atoms with Gasteiger partial charge in [0.1, 0.15) is 0 Å². The molecule has 0 spiro atoms. The molecule has 2 saturated heterocycles. The van der Waals surface area contributed by atoms with Crippen LogP contribution in [-0.2, 0) is 26.8 Å². The van der Waals surface area contributed by atoms with Crippen LogP contribution < -0.4 is 0 Å². The maximum Gasteiger partial charge on any atom is 0.329 e. The highest BCUT2D eigenvalue weighted by molar-refractivity contribution is 7.88. The lowest BCUT2D eigenvalue weighted by Crippen LogP contribution is -2.63. The number of fused-ring (bicyclic) bond motifs is 1. The van der Waals surface area contributed by atoms with E-state index in [2.05, 4.69) is 0 Å². The van der Waals surface area contributed by atoms with Gasteiger partial charge in [0.05, 0.1) is 5.92 Å². The maximum absolute atomic E-state index is 12.5. The van der Waals surface area contributed by atoms with Gasteiger partial charge in [-0.15, -0.1) is 11.6 Å². The molecule has 2 aliphatic heterocycles. The summed E-state index contributed by atoms with van der Waals surface area (Å²) in [7, 11) is -1.51. The number of hydrogen-bond acceptors (Lipinski definition) is 3. The smallest absolute Gasteiger partial charge is 0.329 e. The van der Waals surface area contributed by atoms with Crippen LogP contribution in [0.5, 0.6) is 0 Å². The third-order valence-corrected chi connectivity index (χ3v) is 7.29. The van der Waals surface area contributed by atoms with Crippen LogP contribution in [0.4, 0.5) is 0 Å². The molecule has 5 atom stereocenters. The first kappa shape index (κ1) is 16.5. The number of nitrogens with zero attached hydrogens (tertiary/aromatic N) is 1. The van der Waals surface area contributed by atoms with Crippen molar-refractivity contribution in [2.24, 2.45) is 5.92 Å². The van der Waals surface area contributed by atoms with E-state index in [1.54, 1.807) is 6.92 Å². The van der Waals surface area contributed by atoms with Crippen molar-refractivity contribution in [1.82, 2.24) is 4.90 Å². The molecule has 1 amide bonds. The van der Waals surface area contributed by atoms with Crippen LogP contribution in [0.1, 0.15) is 18.9 Å². The summed E-state index contributed by atoms with van der Waals surface area (Å²) in [5.74, 6) is -1.41. The van der Waals surface area contributed by atoms with Gasteiger partial charge in [0.2, 0.25) is 5.91 Å². The van der Waals surface area contributed by atoms with Crippen LogP contribution in [0, 0.1) is 5.92 Å². The molecule has 2 aliphatic rings. The fourth-order valence-electron chi connectivity index (χ4n) is 3.65. The second-order valence-corrected chi connectivity index (χ2v) is 8.87. The molecule has 0 bridgehead atoms. The van der Waals surface area contributed by atoms with E-state index in [0.29, 0.717) is 6.42 Å². The van der Waals surface area contributed by atoms with Gasteiger partial charge in [-0.3, -0.25) is 9.00 Å². The minimum absolute atomic E-state index is 0.207. The number of carboxylic acids is 1. The summed E-state index contributed by atoms with van der Waals surface area (Å²) in [5, 5.41) is 9.50. The van der Waals surface area contributed by atoms with Gasteiger partial charge >= 0.3 is 5.97 Å². The molecule has 2 fully saturated rings. The summed E-state index contributed by atoms with van der Waals surface area (Å²) in [6.07, 6.45) is 0.814. The van der Waals surface area contributed by atoms with Crippen LogP contribution in [0.2, 0.25) is 0 Å². The minimum Gasteiger partial charge on any atom is -0.480 e. The van der Waals surface area contributed by atoms with E-state index in [-0.39, 0.29) is 30.0 Å². The van der Waals surface area contributed by atoms with Gasteiger partial charge in [-0.25, -0.2) is 4.79 Å². The standard InChI is InChI=1S/C16H18ClNO4S/c1-2-23(22)16(17)9-12-11(8-10-6-4-3-5-7-10)14(19)18(12)13(16)15(20)21/h3-7,11-13H,2,8-9H2,1H3,(H,20,21). The van der Waals surface area contributed by atoms with Crippen molar-refractivity contribution < 1.29 is 18.9 Å². The number of alkyl halides is 1. The molecule has 0 saturated carbocycles. The molecule has 1 aromatic rings. The summed E-state index contributed by atoms with van der Waals surface area (Å²) >= 11 is 6.47. The van der Waals surface area contributed by atoms with Gasteiger partial charge in [-0.05, 0) is 12.0 Å². The molecule has 0 radical (unpaired) electrons. The Kier molecular flexibility index (Phi) is 4.23. The number of aliphatic carboxylic acids is 1. The number of amides is 1. The van der Waals surface area contributed by atoms with Gasteiger partial charge in [-0.1, -0.05) is 37.3 Å². The number of halogens is 1. The molecule has 1 N–H and O–H groups in total. The Morgan fingerprint density at radius 2 is 2.09 bits per heavy atom. The average Bonchev–Trinajstić information content (AvgIpc) is 2.84. The first-order valence-corrected chi connectivity index (χ1v) is 9.26. The van der Waals surface area contributed by atoms with E-state index < -0.39 is 27.0 Å². The summed E-state index contributed by atoms with van der Waals surface area (Å²) in [6.45, 7) is 1.71. The molecule has 5 unspecified atom stereocenters. The van der Waals surface area contributed by atoms with Crippen molar-refractivity contribution in [2.75, 3.05) is 5.75 Å². The number of hydrogen-bond donors (Lipinski definition) is 1. The topological polar surface area (TPSA) is 74.7 Å². The van der Waals surface area contributed by atoms with Crippen LogP contribution in [0.15, 0.2) is 30.3 Å². The van der Waals surface area contributed by atoms with E-state index in [9.17, 15) is 18.9 Å². The zero-order valence-electron chi connectivity index (χ0n) is 12.6. The molecule has 124 valence electrons. The summed E-state index contributed by atoms with van der Waals surface area (Å²) in [6, 6.07) is 8.13. The molecule has 23 heavy (non-hydrogen) atoms. The number of carboxylic acid groups (broad SMARTS) is 1. The second-order valence-electron chi connectivity index (χ2n) is 5.97. The Hall–Kier alpha value is -1.40. The fraction of sp³-hybridized carbons (Fsp3) is 0.500. The second kappa shape index (κ2) is 5.91. The molecule has 3 rings (SSSR count). The third-order valence-electron chi connectivity index (χ3n) is 4.74. The Morgan fingerprint density at radius 1 is 1.43 bits per heavy atom. The molecule has 0 aromatic heterocycles. The van der Waals surface area contributed by atoms with Crippen molar-refractivity contribution in [1.29, 1.82) is 0 Å². The number of carbonyl (C=O) groups excluding carboxylic acids is 1. The molecule has 0 aliphatic carbocycles. The van der Waals surface area contributed by atoms with Gasteiger partial charge in [-0.2, -0.15) is 0 Å². The predicted octanol–water partition coefficient (Wildman–Crippen LogP) is 1.62. The van der Waals surface area contributed by atoms with Gasteiger partial charge in [0.25, 0.3) is 0 Å². The maximum atomic E-state index is 12.5. The highest BCUT2D eigenvalue weighted by atomic mass is 35.5. The van der Waals surface area contributed by atoms with E-state index in [1.807, 2.05) is 30.3 Å². The van der Waals surface area contributed by atoms with E-state index in [1.165, 1.54) is 4.90 Å². The van der Waals surface area contributed by atoms with Gasteiger partial charge in [0.15, 0.2) is 10.2 Å². The normalized spacial score (nSPS) is 33.9. The Morgan fingerprint density at radius 3 is 2.65 bits per heavy atom. The molecular weight excluding hydrogens is 338 g/mol. The van der Waals surface area contributed by atoms with Crippen molar-refractivity contribution in [3.05, 3.63) is 35.9 Å². The van der Waals surface area contributed by atoms with Gasteiger partial charge in [0, 0.05) is 29.0 Å². The number of carbonyl (C=O) groups is 2. The average molecular weight is 356 g/mol. The molecular formula is C16H18ClNO4S. The highest BCUT2D eigenvalue weighted by Crippen LogP contribution is 2.50. The quantitative estimate of drug-likeness (QED) is 0.643. The van der Waals surface area contributed by atoms with Crippen LogP contribution in [0.25, 0.3) is 0 Å². The van der Waals surface area contributed by atoms with E-state index in [4.69, 9.17) is 11.6 Å². The molecule has 5 nitrogen and oxygen atoms in total. The SMILES string of the molecule is CCS(=O)C1(Cl)CC2C(Cc3ccccc3)C(=O)N2C1C(=O)O. The van der Waals surface area contributed by atoms with Crippen molar-refractivity contribution in [3.8, 4) is 0 Å². The highest BCUT2D eigenvalue weighted by Gasteiger charge is 2.67. The van der Waals surface area contributed by atoms with Crippen molar-refractivity contribution in [2.45, 2.75) is 36.1 Å². The largest absolute Gasteiger partial charge is 0.480 e. The van der Waals surface area contributed by atoms with Gasteiger partial charge < -0.3 is 10.0 Å². The van der Waals surface area contributed by atoms with E-state index >= 15 is 0 Å². The number of β-lactam (4-membered cyclic amide) rings is 1. The van der Waals surface area contributed by atoms with Crippen molar-refractivity contribution in [3.63, 3.8) is 0 Å². The number of rotatable bonds is 5. The molecule has 7 heteroatoms. The Balaban J connectivity index is 1.86. The molecule has 1 aromatic carbocycles.